The van der Waals surface area contributed by atoms with E-state index < -0.39 is 0 Å². The minimum Gasteiger partial charge on any atom is -0.472 e. The van der Waals surface area contributed by atoms with Gasteiger partial charge in [-0.15, -0.1) is 16.4 Å². The predicted octanol–water partition coefficient (Wildman–Crippen LogP) is 2.60. The topological polar surface area (TPSA) is 65.1 Å². The van der Waals surface area contributed by atoms with Crippen LogP contribution in [0.4, 0.5) is 0 Å². The van der Waals surface area contributed by atoms with Crippen LogP contribution >= 0.6 is 11.3 Å². The number of furan rings is 1. The molecule has 1 aliphatic heterocycles. The van der Waals surface area contributed by atoms with Crippen LogP contribution in [0.25, 0.3) is 11.3 Å². The highest BCUT2D eigenvalue weighted by atomic mass is 32.1. The van der Waals surface area contributed by atoms with Crippen LogP contribution in [-0.4, -0.2) is 27.6 Å². The van der Waals surface area contributed by atoms with Crippen LogP contribution < -0.4 is 5.32 Å². The molecule has 3 aromatic heterocycles. The Labute approximate surface area is 138 Å². The second kappa shape index (κ2) is 6.27. The molecule has 23 heavy (non-hydrogen) atoms. The lowest BCUT2D eigenvalue weighted by Crippen LogP contribution is -2.36. The molecule has 0 bridgehead atoms. The van der Waals surface area contributed by atoms with E-state index in [4.69, 9.17) is 9.15 Å². The third-order valence-corrected chi connectivity index (χ3v) is 4.93. The molecule has 3 aromatic rings. The molecular formula is C16H18N4O2S. The number of ether oxygens (including phenoxy) is 1. The molecule has 1 atom stereocenters. The number of aryl methyl sites for hydroxylation is 1. The van der Waals surface area contributed by atoms with Gasteiger partial charge in [-0.25, -0.2) is 4.68 Å². The Morgan fingerprint density at radius 2 is 2.35 bits per heavy atom. The van der Waals surface area contributed by atoms with E-state index in [0.29, 0.717) is 6.61 Å². The molecule has 4 heterocycles. The highest BCUT2D eigenvalue weighted by Gasteiger charge is 2.24. The van der Waals surface area contributed by atoms with Crippen molar-refractivity contribution in [1.29, 1.82) is 0 Å². The van der Waals surface area contributed by atoms with Gasteiger partial charge < -0.3 is 14.5 Å². The normalized spacial score (nSPS) is 17.3. The summed E-state index contributed by atoms with van der Waals surface area (Å²) in [6, 6.07) is 6.21. The zero-order valence-electron chi connectivity index (χ0n) is 12.9. The second-order valence-corrected chi connectivity index (χ2v) is 7.03. The second-order valence-electron chi connectivity index (χ2n) is 5.66. The number of hydrogen-bond donors (Lipinski definition) is 1. The number of nitrogens with zero attached hydrogens (tertiary/aromatic N) is 3. The van der Waals surface area contributed by atoms with E-state index in [2.05, 4.69) is 34.7 Å². The fourth-order valence-corrected chi connectivity index (χ4v) is 3.61. The van der Waals surface area contributed by atoms with Gasteiger partial charge in [0, 0.05) is 28.4 Å². The van der Waals surface area contributed by atoms with Gasteiger partial charge >= 0.3 is 0 Å². The van der Waals surface area contributed by atoms with E-state index in [1.165, 1.54) is 9.75 Å². The van der Waals surface area contributed by atoms with Crippen LogP contribution in [0.3, 0.4) is 0 Å². The number of hydrogen-bond acceptors (Lipinski definition) is 6. The molecule has 0 aromatic carbocycles. The van der Waals surface area contributed by atoms with Crippen molar-refractivity contribution in [2.24, 2.45) is 0 Å². The molecule has 0 amide bonds. The molecule has 0 aliphatic carbocycles. The predicted molar refractivity (Wildman–Crippen MR) is 87.1 cm³/mol. The van der Waals surface area contributed by atoms with Gasteiger partial charge in [-0.1, -0.05) is 5.21 Å². The summed E-state index contributed by atoms with van der Waals surface area (Å²) in [6.07, 6.45) is 3.44. The quantitative estimate of drug-likeness (QED) is 0.779. The lowest BCUT2D eigenvalue weighted by molar-refractivity contribution is 0.00128. The lowest BCUT2D eigenvalue weighted by Gasteiger charge is -2.24. The van der Waals surface area contributed by atoms with Crippen molar-refractivity contribution in [2.45, 2.75) is 32.7 Å². The van der Waals surface area contributed by atoms with E-state index in [-0.39, 0.29) is 6.10 Å². The Hall–Kier alpha value is -1.96. The van der Waals surface area contributed by atoms with Crippen LogP contribution in [-0.2, 0) is 24.4 Å². The molecule has 1 N–H and O–H groups in total. The summed E-state index contributed by atoms with van der Waals surface area (Å²) in [4.78, 5) is 2.69. The van der Waals surface area contributed by atoms with E-state index in [1.807, 2.05) is 22.1 Å². The zero-order valence-corrected chi connectivity index (χ0v) is 13.7. The maximum absolute atomic E-state index is 5.95. The summed E-state index contributed by atoms with van der Waals surface area (Å²) in [5.41, 5.74) is 2.80. The molecule has 0 fully saturated rings. The minimum atomic E-state index is 0.113. The average Bonchev–Trinajstić information content (AvgIpc) is 3.27. The van der Waals surface area contributed by atoms with Crippen LogP contribution in [0.15, 0.2) is 35.1 Å². The van der Waals surface area contributed by atoms with Gasteiger partial charge in [-0.3, -0.25) is 0 Å². The largest absolute Gasteiger partial charge is 0.472 e. The minimum absolute atomic E-state index is 0.113. The SMILES string of the molecule is Cc1ccc(CNCC2Cn3nnc(-c4ccoc4)c3CO2)s1. The zero-order chi connectivity index (χ0) is 15.6. The van der Waals surface area contributed by atoms with Crippen LogP contribution in [0.1, 0.15) is 15.4 Å². The molecule has 4 rings (SSSR count). The fraction of sp³-hybridized carbons (Fsp3) is 0.375. The molecule has 1 aliphatic rings. The van der Waals surface area contributed by atoms with Crippen LogP contribution in [0.5, 0.6) is 0 Å². The third-order valence-electron chi connectivity index (χ3n) is 3.93. The molecule has 6 nitrogen and oxygen atoms in total. The fourth-order valence-electron chi connectivity index (χ4n) is 2.75. The highest BCUT2D eigenvalue weighted by molar-refractivity contribution is 7.11. The van der Waals surface area contributed by atoms with Crippen molar-refractivity contribution in [3.63, 3.8) is 0 Å². The molecular weight excluding hydrogens is 312 g/mol. The Morgan fingerprint density at radius 1 is 1.39 bits per heavy atom. The summed E-state index contributed by atoms with van der Waals surface area (Å²) in [7, 11) is 0. The maximum Gasteiger partial charge on any atom is 0.121 e. The van der Waals surface area contributed by atoms with Gasteiger partial charge in [0.25, 0.3) is 0 Å². The van der Waals surface area contributed by atoms with E-state index >= 15 is 0 Å². The van der Waals surface area contributed by atoms with Crippen molar-refractivity contribution < 1.29 is 9.15 Å². The first kappa shape index (κ1) is 14.6. The summed E-state index contributed by atoms with van der Waals surface area (Å²) >= 11 is 1.82. The molecule has 0 saturated heterocycles. The maximum atomic E-state index is 5.95. The van der Waals surface area contributed by atoms with Crippen molar-refractivity contribution in [3.05, 3.63) is 46.2 Å². The number of rotatable bonds is 5. The van der Waals surface area contributed by atoms with Gasteiger partial charge in [-0.05, 0) is 25.1 Å². The first-order chi connectivity index (χ1) is 11.3. The van der Waals surface area contributed by atoms with Gasteiger partial charge in [0.2, 0.25) is 0 Å². The van der Waals surface area contributed by atoms with Gasteiger partial charge in [0.1, 0.15) is 5.69 Å². The number of fused-ring (bicyclic) bond motifs is 1. The van der Waals surface area contributed by atoms with Crippen molar-refractivity contribution in [2.75, 3.05) is 6.54 Å². The summed E-state index contributed by atoms with van der Waals surface area (Å²) in [5.74, 6) is 0. The molecule has 0 saturated carbocycles. The van der Waals surface area contributed by atoms with E-state index in [0.717, 1.165) is 36.6 Å². The van der Waals surface area contributed by atoms with E-state index in [9.17, 15) is 0 Å². The smallest absolute Gasteiger partial charge is 0.121 e. The van der Waals surface area contributed by atoms with Crippen LogP contribution in [0, 0.1) is 6.92 Å². The summed E-state index contributed by atoms with van der Waals surface area (Å²) in [6.45, 7) is 5.05. The van der Waals surface area contributed by atoms with Gasteiger partial charge in [0.05, 0.1) is 37.5 Å². The Kier molecular flexibility index (Phi) is 3.99. The highest BCUT2D eigenvalue weighted by Crippen LogP contribution is 2.25. The lowest BCUT2D eigenvalue weighted by atomic mass is 10.2. The molecule has 0 radical (unpaired) electrons. The summed E-state index contributed by atoms with van der Waals surface area (Å²) in [5, 5.41) is 12.0. The van der Waals surface area contributed by atoms with Gasteiger partial charge in [0.15, 0.2) is 0 Å². The average molecular weight is 330 g/mol. The Bertz CT molecular complexity index is 778. The standard InChI is InChI=1S/C16H18N4O2S/c1-11-2-3-14(23-11)7-17-6-13-8-20-15(10-22-13)16(18-19-20)12-4-5-21-9-12/h2-5,9,13,17H,6-8,10H2,1H3. The molecule has 0 spiro atoms. The van der Waals surface area contributed by atoms with Crippen molar-refractivity contribution in [3.8, 4) is 11.3 Å². The van der Waals surface area contributed by atoms with Crippen molar-refractivity contribution in [1.82, 2.24) is 20.3 Å². The molecule has 7 heteroatoms. The number of thiophene rings is 1. The first-order valence-electron chi connectivity index (χ1n) is 7.62. The van der Waals surface area contributed by atoms with Crippen LogP contribution in [0.2, 0.25) is 0 Å². The number of nitrogens with one attached hydrogen (secondary N) is 1. The third kappa shape index (κ3) is 3.08. The van der Waals surface area contributed by atoms with Gasteiger partial charge in [-0.2, -0.15) is 0 Å². The number of aromatic nitrogens is 3. The van der Waals surface area contributed by atoms with E-state index in [1.54, 1.807) is 12.5 Å². The first-order valence-corrected chi connectivity index (χ1v) is 8.44. The monoisotopic (exact) mass is 330 g/mol. The van der Waals surface area contributed by atoms with Crippen molar-refractivity contribution >= 4 is 11.3 Å². The Morgan fingerprint density at radius 3 is 3.13 bits per heavy atom. The molecule has 120 valence electrons. The summed E-state index contributed by atoms with van der Waals surface area (Å²) < 4.78 is 13.0. The molecule has 1 unspecified atom stereocenters. The Balaban J connectivity index is 1.36.